The molecule has 0 N–H and O–H groups in total. The van der Waals surface area contributed by atoms with Gasteiger partial charge in [-0.05, 0) is 47.4 Å². The van der Waals surface area contributed by atoms with E-state index in [-0.39, 0.29) is 31.0 Å². The zero-order chi connectivity index (χ0) is 29.3. The van der Waals surface area contributed by atoms with Crippen LogP contribution in [0.2, 0.25) is 10.0 Å². The second-order valence-electron chi connectivity index (χ2n) is 10.3. The van der Waals surface area contributed by atoms with Gasteiger partial charge < -0.3 is 4.74 Å². The molecular formula is C34H32Cl2N2O4. The van der Waals surface area contributed by atoms with Crippen molar-refractivity contribution in [2.45, 2.75) is 31.6 Å². The van der Waals surface area contributed by atoms with Crippen LogP contribution in [0, 0.1) is 0 Å². The molecule has 4 aromatic rings. The van der Waals surface area contributed by atoms with Gasteiger partial charge in [0.15, 0.2) is 0 Å². The van der Waals surface area contributed by atoms with Gasteiger partial charge in [-0.2, -0.15) is 0 Å². The molecule has 1 amide bonds. The monoisotopic (exact) mass is 602 g/mol. The fourth-order valence-corrected chi connectivity index (χ4v) is 5.36. The normalized spacial score (nSPS) is 15.7. The van der Waals surface area contributed by atoms with E-state index >= 15 is 0 Å². The number of amides is 1. The first-order valence-corrected chi connectivity index (χ1v) is 14.7. The summed E-state index contributed by atoms with van der Waals surface area (Å²) in [5.74, 6) is -0.531. The minimum Gasteiger partial charge on any atom is -0.457 e. The number of carbonyl (C=O) groups is 2. The summed E-state index contributed by atoms with van der Waals surface area (Å²) in [5, 5.41) is 2.32. The average Bonchev–Trinajstić information content (AvgIpc) is 3.46. The molecule has 0 bridgehead atoms. The van der Waals surface area contributed by atoms with Crippen LogP contribution in [-0.4, -0.2) is 47.6 Å². The molecule has 0 spiro atoms. The van der Waals surface area contributed by atoms with E-state index in [4.69, 9.17) is 32.8 Å². The Bertz CT molecular complexity index is 1470. The van der Waals surface area contributed by atoms with Crippen molar-refractivity contribution in [1.29, 1.82) is 0 Å². The SMILES string of the molecule is O=C(O[C@H]1CCN(C[C@H](c2ccccc2)N(OCc2ccccc2)C(=O)Cc2ccc(Cl)c(Cl)c2)C1)c1ccccc1. The Kier molecular flexibility index (Phi) is 10.3. The summed E-state index contributed by atoms with van der Waals surface area (Å²) in [4.78, 5) is 35.1. The van der Waals surface area contributed by atoms with Crippen molar-refractivity contribution in [2.24, 2.45) is 0 Å². The van der Waals surface area contributed by atoms with Gasteiger partial charge in [-0.3, -0.25) is 14.5 Å². The predicted octanol–water partition coefficient (Wildman–Crippen LogP) is 7.17. The summed E-state index contributed by atoms with van der Waals surface area (Å²) in [7, 11) is 0. The van der Waals surface area contributed by atoms with E-state index in [1.54, 1.807) is 30.3 Å². The predicted molar refractivity (Wildman–Crippen MR) is 164 cm³/mol. The molecule has 5 rings (SSSR count). The highest BCUT2D eigenvalue weighted by Crippen LogP contribution is 2.28. The summed E-state index contributed by atoms with van der Waals surface area (Å²) in [6.07, 6.45) is 0.564. The lowest BCUT2D eigenvalue weighted by Gasteiger charge is -2.34. The quantitative estimate of drug-likeness (QED) is 0.134. The van der Waals surface area contributed by atoms with E-state index in [0.29, 0.717) is 35.1 Å². The topological polar surface area (TPSA) is 59.1 Å². The van der Waals surface area contributed by atoms with Crippen LogP contribution in [0.15, 0.2) is 109 Å². The van der Waals surface area contributed by atoms with Crippen LogP contribution in [0.4, 0.5) is 0 Å². The Morgan fingerprint density at radius 3 is 2.19 bits per heavy atom. The molecule has 1 fully saturated rings. The summed E-state index contributed by atoms with van der Waals surface area (Å²) >= 11 is 12.4. The largest absolute Gasteiger partial charge is 0.457 e. The minimum atomic E-state index is -0.409. The van der Waals surface area contributed by atoms with Crippen molar-refractivity contribution >= 4 is 35.1 Å². The van der Waals surface area contributed by atoms with E-state index in [1.807, 2.05) is 78.9 Å². The third kappa shape index (κ3) is 7.99. The number of esters is 1. The third-order valence-electron chi connectivity index (χ3n) is 7.21. The summed E-state index contributed by atoms with van der Waals surface area (Å²) in [5.41, 5.74) is 3.17. The molecule has 0 aromatic heterocycles. The van der Waals surface area contributed by atoms with Crippen LogP contribution in [0.5, 0.6) is 0 Å². The number of ether oxygens (including phenoxy) is 1. The van der Waals surface area contributed by atoms with Gasteiger partial charge in [0.05, 0.1) is 28.1 Å². The first-order chi connectivity index (χ1) is 20.5. The molecule has 4 aromatic carbocycles. The van der Waals surface area contributed by atoms with Crippen molar-refractivity contribution in [3.05, 3.63) is 141 Å². The summed E-state index contributed by atoms with van der Waals surface area (Å²) in [6.45, 7) is 2.03. The lowest BCUT2D eigenvalue weighted by molar-refractivity contribution is -0.208. The van der Waals surface area contributed by atoms with Crippen molar-refractivity contribution in [3.63, 3.8) is 0 Å². The van der Waals surface area contributed by atoms with Crippen molar-refractivity contribution in [3.8, 4) is 0 Å². The van der Waals surface area contributed by atoms with Gasteiger partial charge in [-0.1, -0.05) is 108 Å². The van der Waals surface area contributed by atoms with Crippen molar-refractivity contribution in [1.82, 2.24) is 9.96 Å². The standard InChI is InChI=1S/C34H32Cl2N2O4/c35-30-17-16-26(20-31(30)36)21-33(39)38(41-24-25-10-4-1-5-11-25)32(27-12-6-2-7-13-27)23-37-19-18-29(22-37)42-34(40)28-14-8-3-9-15-28/h1-17,20,29,32H,18-19,21-24H2/t29-,32+/m0/s1. The second-order valence-corrected chi connectivity index (χ2v) is 11.1. The Morgan fingerprint density at radius 2 is 1.50 bits per heavy atom. The molecule has 1 heterocycles. The maximum Gasteiger partial charge on any atom is 0.338 e. The minimum absolute atomic E-state index is 0.0896. The lowest BCUT2D eigenvalue weighted by Crippen LogP contribution is -2.42. The fraction of sp³-hybridized carbons (Fsp3) is 0.235. The molecule has 0 saturated carbocycles. The molecule has 216 valence electrons. The van der Waals surface area contributed by atoms with Crippen LogP contribution in [0.3, 0.4) is 0 Å². The number of halogens is 2. The molecule has 0 aliphatic carbocycles. The first kappa shape index (κ1) is 29.8. The van der Waals surface area contributed by atoms with E-state index < -0.39 is 6.04 Å². The van der Waals surface area contributed by atoms with E-state index in [2.05, 4.69) is 4.90 Å². The van der Waals surface area contributed by atoms with Gasteiger partial charge in [0.2, 0.25) is 0 Å². The number of hydroxylamine groups is 2. The molecule has 0 radical (unpaired) electrons. The number of hydrogen-bond acceptors (Lipinski definition) is 5. The van der Waals surface area contributed by atoms with Crippen LogP contribution in [0.25, 0.3) is 0 Å². The van der Waals surface area contributed by atoms with Crippen LogP contribution in [0.1, 0.15) is 39.5 Å². The smallest absolute Gasteiger partial charge is 0.338 e. The molecule has 6 nitrogen and oxygen atoms in total. The van der Waals surface area contributed by atoms with Gasteiger partial charge in [-0.25, -0.2) is 9.86 Å². The molecule has 1 saturated heterocycles. The number of nitrogens with zero attached hydrogens (tertiary/aromatic N) is 2. The zero-order valence-corrected chi connectivity index (χ0v) is 24.6. The molecule has 0 unspecified atom stereocenters. The first-order valence-electron chi connectivity index (χ1n) is 13.9. The van der Waals surface area contributed by atoms with Crippen LogP contribution < -0.4 is 0 Å². The second kappa shape index (κ2) is 14.5. The van der Waals surface area contributed by atoms with E-state index in [0.717, 1.165) is 23.2 Å². The molecule has 1 aliphatic rings. The number of carbonyl (C=O) groups excluding carboxylic acids is 2. The molecule has 1 aliphatic heterocycles. The third-order valence-corrected chi connectivity index (χ3v) is 7.95. The lowest BCUT2D eigenvalue weighted by atomic mass is 10.0. The average molecular weight is 604 g/mol. The summed E-state index contributed by atoms with van der Waals surface area (Å²) in [6, 6.07) is 33.4. The highest BCUT2D eigenvalue weighted by Gasteiger charge is 2.33. The number of benzene rings is 4. The Hall–Kier alpha value is -3.68. The van der Waals surface area contributed by atoms with Gasteiger partial charge in [0, 0.05) is 19.6 Å². The molecule has 42 heavy (non-hydrogen) atoms. The Morgan fingerprint density at radius 1 is 0.833 bits per heavy atom. The maximum absolute atomic E-state index is 13.9. The highest BCUT2D eigenvalue weighted by atomic mass is 35.5. The van der Waals surface area contributed by atoms with Gasteiger partial charge in [0.25, 0.3) is 5.91 Å². The maximum atomic E-state index is 13.9. The number of rotatable bonds is 11. The van der Waals surface area contributed by atoms with Crippen molar-refractivity contribution in [2.75, 3.05) is 19.6 Å². The van der Waals surface area contributed by atoms with Gasteiger partial charge >= 0.3 is 5.97 Å². The molecule has 2 atom stereocenters. The highest BCUT2D eigenvalue weighted by molar-refractivity contribution is 6.42. The molecular weight excluding hydrogens is 571 g/mol. The van der Waals surface area contributed by atoms with Crippen LogP contribution >= 0.6 is 23.2 Å². The fourth-order valence-electron chi connectivity index (χ4n) is 5.04. The molecule has 8 heteroatoms. The Balaban J connectivity index is 1.36. The van der Waals surface area contributed by atoms with Crippen molar-refractivity contribution < 1.29 is 19.2 Å². The van der Waals surface area contributed by atoms with E-state index in [1.165, 1.54) is 5.06 Å². The van der Waals surface area contributed by atoms with E-state index in [9.17, 15) is 9.59 Å². The number of likely N-dealkylation sites (tertiary alicyclic amines) is 1. The van der Waals surface area contributed by atoms with Gasteiger partial charge in [0.1, 0.15) is 12.7 Å². The zero-order valence-electron chi connectivity index (χ0n) is 23.1. The van der Waals surface area contributed by atoms with Gasteiger partial charge in [-0.15, -0.1) is 0 Å². The summed E-state index contributed by atoms with van der Waals surface area (Å²) < 4.78 is 5.81. The number of hydrogen-bond donors (Lipinski definition) is 0. The Labute approximate surface area is 256 Å². The van der Waals surface area contributed by atoms with Crippen LogP contribution in [-0.2, 0) is 27.4 Å².